The lowest BCUT2D eigenvalue weighted by Gasteiger charge is -2.30. The van der Waals surface area contributed by atoms with E-state index >= 15 is 0 Å². The summed E-state index contributed by atoms with van der Waals surface area (Å²) in [5, 5.41) is 9.17. The molecule has 0 bridgehead atoms. The van der Waals surface area contributed by atoms with E-state index in [1.807, 2.05) is 60.7 Å². The van der Waals surface area contributed by atoms with Gasteiger partial charge in [0.2, 0.25) is 0 Å². The molecule has 0 saturated carbocycles. The first kappa shape index (κ1) is 26.5. The molecule has 7 heteroatoms. The van der Waals surface area contributed by atoms with E-state index < -0.39 is 12.1 Å². The molecule has 0 fully saturated rings. The van der Waals surface area contributed by atoms with Crippen molar-refractivity contribution in [1.82, 2.24) is 4.90 Å². The Morgan fingerprint density at radius 2 is 1.67 bits per heavy atom. The summed E-state index contributed by atoms with van der Waals surface area (Å²) in [4.78, 5) is 26.6. The lowest BCUT2D eigenvalue weighted by molar-refractivity contribution is -0.136. The molecule has 0 aromatic heterocycles. The average molecular weight is 586 g/mol. The first-order valence-corrected chi connectivity index (χ1v) is 13.6. The summed E-state index contributed by atoms with van der Waals surface area (Å²) >= 11 is 3.56. The van der Waals surface area contributed by atoms with Gasteiger partial charge in [0, 0.05) is 10.0 Å². The Morgan fingerprint density at radius 1 is 0.897 bits per heavy atom. The van der Waals surface area contributed by atoms with Gasteiger partial charge in [-0.05, 0) is 65.4 Å². The number of carbonyl (C=O) groups is 2. The quantitative estimate of drug-likeness (QED) is 0.218. The SMILES string of the molecule is O=C(O)Cc1cccc(Oc2ccc(Br)cc2CN(C(=O)OCc2ccccc2)[C@H]2CCc3ccccc32)c1. The second-order valence-electron chi connectivity index (χ2n) is 9.49. The van der Waals surface area contributed by atoms with Crippen LogP contribution in [-0.4, -0.2) is 22.1 Å². The second kappa shape index (κ2) is 12.2. The third-order valence-electron chi connectivity index (χ3n) is 6.76. The Morgan fingerprint density at radius 3 is 2.49 bits per heavy atom. The highest BCUT2D eigenvalue weighted by molar-refractivity contribution is 9.10. The van der Waals surface area contributed by atoms with Crippen LogP contribution in [-0.2, 0) is 35.5 Å². The number of hydrogen-bond donors (Lipinski definition) is 1. The number of amides is 1. The summed E-state index contributed by atoms with van der Waals surface area (Å²) in [6.45, 7) is 0.457. The van der Waals surface area contributed by atoms with Crippen molar-refractivity contribution in [3.63, 3.8) is 0 Å². The van der Waals surface area contributed by atoms with E-state index in [1.54, 1.807) is 29.2 Å². The number of nitrogens with zero attached hydrogens (tertiary/aromatic N) is 1. The van der Waals surface area contributed by atoms with Crippen molar-refractivity contribution in [3.05, 3.63) is 129 Å². The number of aliphatic carboxylic acids is 1. The van der Waals surface area contributed by atoms with Crippen molar-refractivity contribution in [2.75, 3.05) is 0 Å². The van der Waals surface area contributed by atoms with Crippen molar-refractivity contribution in [2.45, 2.75) is 38.5 Å². The van der Waals surface area contributed by atoms with Gasteiger partial charge in [0.1, 0.15) is 18.1 Å². The zero-order valence-electron chi connectivity index (χ0n) is 21.3. The molecule has 0 heterocycles. The maximum absolute atomic E-state index is 13.6. The third-order valence-corrected chi connectivity index (χ3v) is 7.26. The minimum Gasteiger partial charge on any atom is -0.481 e. The number of fused-ring (bicyclic) bond motifs is 1. The molecule has 0 radical (unpaired) electrons. The number of carboxylic acids is 1. The van der Waals surface area contributed by atoms with Crippen LogP contribution >= 0.6 is 15.9 Å². The fourth-order valence-electron chi connectivity index (χ4n) is 4.94. The van der Waals surface area contributed by atoms with E-state index in [9.17, 15) is 9.59 Å². The lowest BCUT2D eigenvalue weighted by atomic mass is 10.1. The molecule has 0 spiro atoms. The molecule has 198 valence electrons. The monoisotopic (exact) mass is 585 g/mol. The zero-order valence-corrected chi connectivity index (χ0v) is 22.8. The molecule has 0 unspecified atom stereocenters. The molecular formula is C32H28BrNO5. The lowest BCUT2D eigenvalue weighted by Crippen LogP contribution is -2.34. The molecule has 1 amide bonds. The number of benzene rings is 4. The Bertz CT molecular complexity index is 1470. The molecule has 39 heavy (non-hydrogen) atoms. The third kappa shape index (κ3) is 6.67. The number of aryl methyl sites for hydroxylation is 1. The molecule has 4 aromatic rings. The van der Waals surface area contributed by atoms with Crippen LogP contribution in [0.5, 0.6) is 11.5 Å². The maximum atomic E-state index is 13.6. The second-order valence-corrected chi connectivity index (χ2v) is 10.4. The van der Waals surface area contributed by atoms with Crippen LogP contribution in [0.2, 0.25) is 0 Å². The van der Waals surface area contributed by atoms with Crippen molar-refractivity contribution in [3.8, 4) is 11.5 Å². The van der Waals surface area contributed by atoms with Crippen LogP contribution in [0, 0.1) is 0 Å². The number of carbonyl (C=O) groups excluding carboxylic acids is 1. The van der Waals surface area contributed by atoms with Crippen LogP contribution in [0.1, 0.15) is 40.3 Å². The highest BCUT2D eigenvalue weighted by Crippen LogP contribution is 2.39. The summed E-state index contributed by atoms with van der Waals surface area (Å²) in [6, 6.07) is 30.4. The van der Waals surface area contributed by atoms with Gasteiger partial charge in [-0.15, -0.1) is 0 Å². The Labute approximate surface area is 235 Å². The molecular weight excluding hydrogens is 558 g/mol. The number of ether oxygens (including phenoxy) is 2. The molecule has 6 nitrogen and oxygen atoms in total. The van der Waals surface area contributed by atoms with Gasteiger partial charge in [0.05, 0.1) is 19.0 Å². The normalized spacial score (nSPS) is 13.9. The van der Waals surface area contributed by atoms with Gasteiger partial charge < -0.3 is 14.6 Å². The molecule has 4 aromatic carbocycles. The molecule has 1 aliphatic carbocycles. The fraction of sp³-hybridized carbons (Fsp3) is 0.188. The smallest absolute Gasteiger partial charge is 0.410 e. The van der Waals surface area contributed by atoms with Gasteiger partial charge in [-0.2, -0.15) is 0 Å². The number of rotatable bonds is 9. The van der Waals surface area contributed by atoms with Gasteiger partial charge in [-0.25, -0.2) is 4.79 Å². The fourth-order valence-corrected chi connectivity index (χ4v) is 5.35. The van der Waals surface area contributed by atoms with Crippen molar-refractivity contribution < 1.29 is 24.2 Å². The minimum absolute atomic E-state index is 0.0908. The van der Waals surface area contributed by atoms with Crippen molar-refractivity contribution in [1.29, 1.82) is 0 Å². The van der Waals surface area contributed by atoms with Crippen LogP contribution in [0.15, 0.2) is 102 Å². The molecule has 0 aliphatic heterocycles. The Kier molecular flexibility index (Phi) is 8.27. The minimum atomic E-state index is -0.905. The Hall–Kier alpha value is -4.10. The predicted octanol–water partition coefficient (Wildman–Crippen LogP) is 7.69. The van der Waals surface area contributed by atoms with E-state index in [4.69, 9.17) is 14.6 Å². The Balaban J connectivity index is 1.43. The van der Waals surface area contributed by atoms with E-state index in [1.165, 1.54) is 5.56 Å². The van der Waals surface area contributed by atoms with Crippen molar-refractivity contribution >= 4 is 28.0 Å². The summed E-state index contributed by atoms with van der Waals surface area (Å²) in [5.41, 5.74) is 4.74. The predicted molar refractivity (Wildman–Crippen MR) is 152 cm³/mol. The van der Waals surface area contributed by atoms with Crippen molar-refractivity contribution in [2.24, 2.45) is 0 Å². The first-order valence-electron chi connectivity index (χ1n) is 12.8. The van der Waals surface area contributed by atoms with E-state index in [2.05, 4.69) is 28.1 Å². The summed E-state index contributed by atoms with van der Waals surface area (Å²) < 4.78 is 12.9. The van der Waals surface area contributed by atoms with E-state index in [0.717, 1.165) is 34.0 Å². The maximum Gasteiger partial charge on any atom is 0.410 e. The first-order chi connectivity index (χ1) is 19.0. The largest absolute Gasteiger partial charge is 0.481 e. The van der Waals surface area contributed by atoms with Crippen LogP contribution in [0.4, 0.5) is 4.79 Å². The van der Waals surface area contributed by atoms with Gasteiger partial charge in [0.15, 0.2) is 0 Å². The summed E-state index contributed by atoms with van der Waals surface area (Å²) in [7, 11) is 0. The standard InChI is InChI=1S/C32H28BrNO5/c33-26-14-16-30(39-27-11-6-9-23(17-27)18-31(35)36)25(19-26)20-34(29-15-13-24-10-4-5-12-28(24)29)32(37)38-21-22-7-2-1-3-8-22/h1-12,14,16-17,19,29H,13,15,18,20-21H2,(H,35,36)/t29-/m0/s1. The highest BCUT2D eigenvalue weighted by atomic mass is 79.9. The molecule has 1 aliphatic rings. The number of carboxylic acid groups (broad SMARTS) is 1. The zero-order chi connectivity index (χ0) is 27.2. The van der Waals surface area contributed by atoms with Gasteiger partial charge >= 0.3 is 12.1 Å². The van der Waals surface area contributed by atoms with Gasteiger partial charge in [0.25, 0.3) is 0 Å². The van der Waals surface area contributed by atoms with Crippen LogP contribution in [0.3, 0.4) is 0 Å². The van der Waals surface area contributed by atoms with Crippen LogP contribution in [0.25, 0.3) is 0 Å². The molecule has 1 N–H and O–H groups in total. The molecule has 0 saturated heterocycles. The van der Waals surface area contributed by atoms with Gasteiger partial charge in [-0.1, -0.05) is 82.7 Å². The molecule has 1 atom stereocenters. The average Bonchev–Trinajstić information content (AvgIpc) is 3.36. The topological polar surface area (TPSA) is 76.1 Å². The highest BCUT2D eigenvalue weighted by Gasteiger charge is 2.32. The van der Waals surface area contributed by atoms with E-state index in [0.29, 0.717) is 17.1 Å². The summed E-state index contributed by atoms with van der Waals surface area (Å²) in [5.74, 6) is 0.206. The molecule has 5 rings (SSSR count). The number of hydrogen-bond acceptors (Lipinski definition) is 4. The van der Waals surface area contributed by atoms with Crippen LogP contribution < -0.4 is 4.74 Å². The summed E-state index contributed by atoms with van der Waals surface area (Å²) in [6.07, 6.45) is 1.21. The van der Waals surface area contributed by atoms with Gasteiger partial charge in [-0.3, -0.25) is 9.69 Å². The van der Waals surface area contributed by atoms with E-state index in [-0.39, 0.29) is 25.6 Å². The number of halogens is 1.